The predicted octanol–water partition coefficient (Wildman–Crippen LogP) is 2.86. The zero-order valence-electron chi connectivity index (χ0n) is 5.69. The topological polar surface area (TPSA) is 24.9 Å². The first-order valence-corrected chi connectivity index (χ1v) is 4.03. The van der Waals surface area contributed by atoms with Crippen LogP contribution in [0.5, 0.6) is 0 Å². The molecule has 1 aromatic heterocycles. The molecule has 1 heterocycles. The van der Waals surface area contributed by atoms with Crippen molar-refractivity contribution in [2.45, 2.75) is 6.18 Å². The van der Waals surface area contributed by atoms with Crippen molar-refractivity contribution in [2.75, 3.05) is 3.53 Å². The van der Waals surface area contributed by atoms with Crippen LogP contribution in [0.2, 0.25) is 0 Å². The van der Waals surface area contributed by atoms with E-state index in [1.807, 2.05) is 0 Å². The molecule has 1 rings (SSSR count). The Balaban J connectivity index is 3.02. The van der Waals surface area contributed by atoms with Crippen LogP contribution in [-0.4, -0.2) is 4.98 Å². The third kappa shape index (κ3) is 2.23. The zero-order chi connectivity index (χ0) is 9.19. The van der Waals surface area contributed by atoms with E-state index in [-0.39, 0.29) is 5.82 Å². The number of aromatic nitrogens is 1. The fourth-order valence-corrected chi connectivity index (χ4v) is 0.946. The molecule has 0 aromatic carbocycles. The van der Waals surface area contributed by atoms with E-state index in [9.17, 15) is 13.2 Å². The van der Waals surface area contributed by atoms with Crippen LogP contribution >= 0.6 is 22.9 Å². The van der Waals surface area contributed by atoms with Crippen molar-refractivity contribution in [1.29, 1.82) is 0 Å². The third-order valence-corrected chi connectivity index (χ3v) is 1.69. The minimum Gasteiger partial charge on any atom is -0.313 e. The Bertz CT molecular complexity index is 274. The summed E-state index contributed by atoms with van der Waals surface area (Å²) in [6, 6.07) is 3.69. The molecule has 12 heavy (non-hydrogen) atoms. The van der Waals surface area contributed by atoms with Crippen LogP contribution in [-0.2, 0) is 6.18 Å². The maximum absolute atomic E-state index is 12.0. The van der Waals surface area contributed by atoms with Crippen LogP contribution in [0.15, 0.2) is 18.2 Å². The smallest absolute Gasteiger partial charge is 0.313 e. The molecule has 0 fully saturated rings. The lowest BCUT2D eigenvalue weighted by atomic mass is 10.3. The van der Waals surface area contributed by atoms with Gasteiger partial charge in [-0.1, -0.05) is 6.07 Å². The van der Waals surface area contributed by atoms with Crippen molar-refractivity contribution < 1.29 is 13.2 Å². The molecule has 66 valence electrons. The van der Waals surface area contributed by atoms with Crippen LogP contribution in [0.1, 0.15) is 5.69 Å². The summed E-state index contributed by atoms with van der Waals surface area (Å²) < 4.78 is 38.5. The highest BCUT2D eigenvalue weighted by Crippen LogP contribution is 2.28. The number of alkyl halides is 3. The van der Waals surface area contributed by atoms with Crippen LogP contribution in [0.3, 0.4) is 0 Å². The highest BCUT2D eigenvalue weighted by molar-refractivity contribution is 14.1. The maximum atomic E-state index is 12.0. The molecule has 0 saturated heterocycles. The van der Waals surface area contributed by atoms with E-state index in [0.717, 1.165) is 6.07 Å². The number of halogens is 4. The first kappa shape index (κ1) is 9.56. The SMILES string of the molecule is FC(F)(F)c1cccc(NI)n1. The molecular weight excluding hydrogens is 284 g/mol. The van der Waals surface area contributed by atoms with E-state index in [1.165, 1.54) is 12.1 Å². The van der Waals surface area contributed by atoms with Crippen molar-refractivity contribution in [1.82, 2.24) is 4.98 Å². The Kier molecular flexibility index (Phi) is 2.76. The largest absolute Gasteiger partial charge is 0.433 e. The highest BCUT2D eigenvalue weighted by Gasteiger charge is 2.32. The van der Waals surface area contributed by atoms with Gasteiger partial charge in [-0.2, -0.15) is 13.2 Å². The van der Waals surface area contributed by atoms with Crippen LogP contribution in [0, 0.1) is 0 Å². The van der Waals surface area contributed by atoms with Crippen molar-refractivity contribution in [2.24, 2.45) is 0 Å². The fraction of sp³-hybridized carbons (Fsp3) is 0.167. The van der Waals surface area contributed by atoms with Gasteiger partial charge in [0.05, 0.1) is 22.9 Å². The second-order valence-electron chi connectivity index (χ2n) is 2.00. The van der Waals surface area contributed by atoms with Crippen LogP contribution in [0.4, 0.5) is 19.0 Å². The lowest BCUT2D eigenvalue weighted by Gasteiger charge is -2.05. The molecule has 0 aliphatic heterocycles. The summed E-state index contributed by atoms with van der Waals surface area (Å²) in [7, 11) is 0. The fourth-order valence-electron chi connectivity index (χ4n) is 0.645. The summed E-state index contributed by atoms with van der Waals surface area (Å²) in [6.45, 7) is 0. The Morgan fingerprint density at radius 1 is 1.33 bits per heavy atom. The molecule has 6 heteroatoms. The predicted molar refractivity (Wildman–Crippen MR) is 46.9 cm³/mol. The Labute approximate surface area is 80.7 Å². The Morgan fingerprint density at radius 2 is 2.00 bits per heavy atom. The van der Waals surface area contributed by atoms with E-state index >= 15 is 0 Å². The lowest BCUT2D eigenvalue weighted by molar-refractivity contribution is -0.141. The van der Waals surface area contributed by atoms with E-state index in [4.69, 9.17) is 0 Å². The van der Waals surface area contributed by atoms with Gasteiger partial charge in [0.25, 0.3) is 0 Å². The molecule has 0 aliphatic carbocycles. The first-order valence-electron chi connectivity index (χ1n) is 2.95. The van der Waals surface area contributed by atoms with Crippen molar-refractivity contribution in [3.63, 3.8) is 0 Å². The lowest BCUT2D eigenvalue weighted by Crippen LogP contribution is -2.07. The summed E-state index contributed by atoms with van der Waals surface area (Å²) in [4.78, 5) is 3.32. The monoisotopic (exact) mass is 288 g/mol. The standard InChI is InChI=1S/C6H4F3IN2/c7-6(8,9)4-2-1-3-5(11-4)12-10/h1-3H,(H,11,12). The summed E-state index contributed by atoms with van der Waals surface area (Å²) in [5, 5.41) is 0. The molecule has 0 bridgehead atoms. The molecule has 0 saturated carbocycles. The second-order valence-corrected chi connectivity index (χ2v) is 2.54. The van der Waals surface area contributed by atoms with Gasteiger partial charge in [0.15, 0.2) is 0 Å². The molecule has 1 aromatic rings. The van der Waals surface area contributed by atoms with E-state index in [2.05, 4.69) is 8.51 Å². The number of nitrogens with one attached hydrogen (secondary N) is 1. The first-order chi connectivity index (χ1) is 5.54. The second kappa shape index (κ2) is 3.46. The van der Waals surface area contributed by atoms with Crippen molar-refractivity contribution in [3.05, 3.63) is 23.9 Å². The van der Waals surface area contributed by atoms with Crippen LogP contribution < -0.4 is 3.53 Å². The molecule has 2 nitrogen and oxygen atoms in total. The summed E-state index contributed by atoms with van der Waals surface area (Å²) >= 11 is 1.72. The van der Waals surface area contributed by atoms with Gasteiger partial charge in [0, 0.05) is 0 Å². The van der Waals surface area contributed by atoms with E-state index in [1.54, 1.807) is 22.9 Å². The third-order valence-electron chi connectivity index (χ3n) is 1.14. The molecule has 0 radical (unpaired) electrons. The number of hydrogen-bond acceptors (Lipinski definition) is 2. The minimum atomic E-state index is -4.37. The number of anilines is 1. The molecule has 0 unspecified atom stereocenters. The summed E-state index contributed by atoms with van der Waals surface area (Å²) in [6.07, 6.45) is -4.37. The molecule has 0 spiro atoms. The van der Waals surface area contributed by atoms with E-state index in [0.29, 0.717) is 0 Å². The molecule has 0 amide bonds. The van der Waals surface area contributed by atoms with Gasteiger partial charge < -0.3 is 3.53 Å². The normalized spacial score (nSPS) is 11.3. The number of nitrogens with zero attached hydrogens (tertiary/aromatic N) is 1. The average molecular weight is 288 g/mol. The quantitative estimate of drug-likeness (QED) is 0.635. The van der Waals surface area contributed by atoms with Gasteiger partial charge in [-0.3, -0.25) is 0 Å². The average Bonchev–Trinajstić information content (AvgIpc) is 2.03. The zero-order valence-corrected chi connectivity index (χ0v) is 7.85. The van der Waals surface area contributed by atoms with Gasteiger partial charge in [0.2, 0.25) is 0 Å². The number of rotatable bonds is 1. The van der Waals surface area contributed by atoms with Gasteiger partial charge in [-0.05, 0) is 12.1 Å². The molecule has 0 atom stereocenters. The minimum absolute atomic E-state index is 0.199. The van der Waals surface area contributed by atoms with Crippen LogP contribution in [0.25, 0.3) is 0 Å². The van der Waals surface area contributed by atoms with Crippen molar-refractivity contribution >= 4 is 28.7 Å². The van der Waals surface area contributed by atoms with Gasteiger partial charge in [-0.15, -0.1) is 0 Å². The Morgan fingerprint density at radius 3 is 2.50 bits per heavy atom. The van der Waals surface area contributed by atoms with Gasteiger partial charge >= 0.3 is 6.18 Å². The molecular formula is C6H4F3IN2. The molecule has 0 aliphatic rings. The van der Waals surface area contributed by atoms with Gasteiger partial charge in [-0.25, -0.2) is 4.98 Å². The Hall–Kier alpha value is -0.530. The molecule has 1 N–H and O–H groups in total. The summed E-state index contributed by atoms with van der Waals surface area (Å²) in [5.74, 6) is 0.199. The van der Waals surface area contributed by atoms with Gasteiger partial charge in [0.1, 0.15) is 11.5 Å². The highest BCUT2D eigenvalue weighted by atomic mass is 127. The number of pyridine rings is 1. The van der Waals surface area contributed by atoms with E-state index < -0.39 is 11.9 Å². The van der Waals surface area contributed by atoms with Crippen molar-refractivity contribution in [3.8, 4) is 0 Å². The maximum Gasteiger partial charge on any atom is 0.433 e. The number of hydrogen-bond donors (Lipinski definition) is 1. The summed E-state index contributed by atoms with van der Waals surface area (Å²) in [5.41, 5.74) is -0.885.